The number of hydrogen-bond donors (Lipinski definition) is 1. The summed E-state index contributed by atoms with van der Waals surface area (Å²) < 4.78 is 1.56. The Morgan fingerprint density at radius 3 is 2.45 bits per heavy atom. The van der Waals surface area contributed by atoms with Gasteiger partial charge in [-0.2, -0.15) is 5.10 Å². The Morgan fingerprint density at radius 1 is 1.09 bits per heavy atom. The predicted molar refractivity (Wildman–Crippen MR) is 87.0 cm³/mol. The summed E-state index contributed by atoms with van der Waals surface area (Å²) in [5.41, 5.74) is 2.33. The second kappa shape index (κ2) is 6.56. The molecular formula is C17H14ClN3O. The quantitative estimate of drug-likeness (QED) is 0.800. The van der Waals surface area contributed by atoms with Gasteiger partial charge in [-0.25, -0.2) is 9.67 Å². The third-order valence-electron chi connectivity index (χ3n) is 3.26. The lowest BCUT2D eigenvalue weighted by molar-refractivity contribution is 0.231. The average Bonchev–Trinajstić information content (AvgIpc) is 3.09. The van der Waals surface area contributed by atoms with E-state index in [4.69, 9.17) is 11.6 Å². The van der Waals surface area contributed by atoms with Crippen molar-refractivity contribution in [2.75, 3.05) is 0 Å². The highest BCUT2D eigenvalue weighted by Gasteiger charge is 2.16. The molecule has 0 saturated heterocycles. The van der Waals surface area contributed by atoms with Crippen molar-refractivity contribution >= 4 is 23.4 Å². The van der Waals surface area contributed by atoms with Crippen LogP contribution in [0, 0.1) is 0 Å². The molecule has 0 aliphatic rings. The molecule has 1 N–H and O–H groups in total. The molecule has 110 valence electrons. The van der Waals surface area contributed by atoms with Crippen LogP contribution in [0.4, 0.5) is 0 Å². The molecule has 2 aromatic carbocycles. The molecule has 0 spiro atoms. The van der Waals surface area contributed by atoms with Crippen molar-refractivity contribution in [1.82, 2.24) is 14.8 Å². The first-order chi connectivity index (χ1) is 10.7. The molecule has 0 fully saturated rings. The van der Waals surface area contributed by atoms with E-state index in [2.05, 4.69) is 10.1 Å². The van der Waals surface area contributed by atoms with Crippen molar-refractivity contribution in [3.63, 3.8) is 0 Å². The fourth-order valence-electron chi connectivity index (χ4n) is 2.15. The molecule has 0 aliphatic heterocycles. The Hall–Kier alpha value is -2.43. The molecule has 1 unspecified atom stereocenters. The summed E-state index contributed by atoms with van der Waals surface area (Å²) in [6, 6.07) is 16.8. The zero-order valence-electron chi connectivity index (χ0n) is 11.7. The second-order valence-corrected chi connectivity index (χ2v) is 5.21. The molecule has 0 radical (unpaired) electrons. The van der Waals surface area contributed by atoms with E-state index in [0.29, 0.717) is 10.7 Å². The Labute approximate surface area is 133 Å². The van der Waals surface area contributed by atoms with Crippen LogP contribution in [0.5, 0.6) is 0 Å². The fraction of sp³-hybridized carbons (Fsp3) is 0.0588. The van der Waals surface area contributed by atoms with Gasteiger partial charge in [-0.3, -0.25) is 0 Å². The van der Waals surface area contributed by atoms with Crippen molar-refractivity contribution in [3.8, 4) is 0 Å². The van der Waals surface area contributed by atoms with Crippen LogP contribution in [0.2, 0.25) is 5.02 Å². The van der Waals surface area contributed by atoms with Gasteiger partial charge in [0.1, 0.15) is 18.8 Å². The minimum atomic E-state index is -0.807. The van der Waals surface area contributed by atoms with Crippen molar-refractivity contribution in [2.45, 2.75) is 6.10 Å². The number of nitrogens with zero attached hydrogens (tertiary/aromatic N) is 3. The molecule has 0 saturated carbocycles. The van der Waals surface area contributed by atoms with E-state index in [0.717, 1.165) is 11.1 Å². The van der Waals surface area contributed by atoms with E-state index in [-0.39, 0.29) is 0 Å². The number of benzene rings is 2. The number of halogens is 1. The van der Waals surface area contributed by atoms with Gasteiger partial charge in [-0.1, -0.05) is 54.1 Å². The predicted octanol–water partition coefficient (Wildman–Crippen LogP) is 3.66. The maximum atomic E-state index is 10.7. The van der Waals surface area contributed by atoms with E-state index in [1.165, 1.54) is 6.33 Å². The van der Waals surface area contributed by atoms with Gasteiger partial charge in [-0.05, 0) is 29.3 Å². The molecule has 1 aromatic heterocycles. The first-order valence-corrected chi connectivity index (χ1v) is 7.17. The highest BCUT2D eigenvalue weighted by molar-refractivity contribution is 6.30. The average molecular weight is 312 g/mol. The monoisotopic (exact) mass is 311 g/mol. The summed E-state index contributed by atoms with van der Waals surface area (Å²) >= 11 is 5.91. The maximum absolute atomic E-state index is 10.7. The zero-order valence-corrected chi connectivity index (χ0v) is 12.4. The highest BCUT2D eigenvalue weighted by Crippen LogP contribution is 2.26. The van der Waals surface area contributed by atoms with Crippen molar-refractivity contribution < 1.29 is 5.11 Å². The van der Waals surface area contributed by atoms with Gasteiger partial charge >= 0.3 is 0 Å². The molecule has 1 heterocycles. The summed E-state index contributed by atoms with van der Waals surface area (Å²) in [4.78, 5) is 3.95. The first kappa shape index (κ1) is 14.5. The minimum Gasteiger partial charge on any atom is -0.382 e. The van der Waals surface area contributed by atoms with Gasteiger partial charge in [0.05, 0.1) is 5.70 Å². The normalized spacial score (nSPS) is 13.1. The van der Waals surface area contributed by atoms with Crippen LogP contribution < -0.4 is 0 Å². The van der Waals surface area contributed by atoms with Gasteiger partial charge in [0.25, 0.3) is 0 Å². The number of aliphatic hydroxyl groups excluding tert-OH is 1. The molecule has 4 nitrogen and oxygen atoms in total. The Kier molecular flexibility index (Phi) is 4.32. The molecule has 0 aliphatic carbocycles. The molecular weight excluding hydrogens is 298 g/mol. The van der Waals surface area contributed by atoms with Crippen molar-refractivity contribution in [3.05, 3.63) is 83.4 Å². The van der Waals surface area contributed by atoms with E-state index >= 15 is 0 Å². The maximum Gasteiger partial charge on any atom is 0.138 e. The van der Waals surface area contributed by atoms with Gasteiger partial charge < -0.3 is 5.11 Å². The first-order valence-electron chi connectivity index (χ1n) is 6.79. The summed E-state index contributed by atoms with van der Waals surface area (Å²) in [6.07, 6.45) is 4.06. The molecule has 1 atom stereocenters. The molecule has 0 amide bonds. The molecule has 22 heavy (non-hydrogen) atoms. The zero-order chi connectivity index (χ0) is 15.4. The summed E-state index contributed by atoms with van der Waals surface area (Å²) in [5.74, 6) is 0. The van der Waals surface area contributed by atoms with Crippen molar-refractivity contribution in [1.29, 1.82) is 0 Å². The second-order valence-electron chi connectivity index (χ2n) is 4.77. The molecule has 3 aromatic rings. The Bertz CT molecular complexity index is 752. The van der Waals surface area contributed by atoms with Crippen LogP contribution in [0.25, 0.3) is 11.8 Å². The highest BCUT2D eigenvalue weighted by atomic mass is 35.5. The number of rotatable bonds is 4. The largest absolute Gasteiger partial charge is 0.382 e. The Morgan fingerprint density at radius 2 is 1.82 bits per heavy atom. The summed E-state index contributed by atoms with van der Waals surface area (Å²) in [7, 11) is 0. The van der Waals surface area contributed by atoms with Crippen LogP contribution in [0.15, 0.2) is 67.3 Å². The fourth-order valence-corrected chi connectivity index (χ4v) is 2.27. The third kappa shape index (κ3) is 3.24. The topological polar surface area (TPSA) is 50.9 Å². The summed E-state index contributed by atoms with van der Waals surface area (Å²) in [6.45, 7) is 0. The van der Waals surface area contributed by atoms with Gasteiger partial charge in [-0.15, -0.1) is 0 Å². The van der Waals surface area contributed by atoms with Crippen LogP contribution in [-0.4, -0.2) is 19.9 Å². The molecule has 0 bridgehead atoms. The standard InChI is InChI=1S/C17H14ClN3O/c18-15-8-6-13(7-9-15)10-16(21-12-19-11-20-21)17(22)14-4-2-1-3-5-14/h1-12,17,22H/b16-10+. The molecule has 3 rings (SSSR count). The number of aromatic nitrogens is 3. The van der Waals surface area contributed by atoms with E-state index in [1.54, 1.807) is 23.1 Å². The minimum absolute atomic E-state index is 0.617. The lowest BCUT2D eigenvalue weighted by atomic mass is 10.0. The van der Waals surface area contributed by atoms with Gasteiger partial charge in [0.2, 0.25) is 0 Å². The van der Waals surface area contributed by atoms with E-state index in [1.807, 2.05) is 48.5 Å². The Balaban J connectivity index is 2.03. The smallest absolute Gasteiger partial charge is 0.138 e. The lowest BCUT2D eigenvalue weighted by Crippen LogP contribution is -2.08. The van der Waals surface area contributed by atoms with E-state index < -0.39 is 6.10 Å². The van der Waals surface area contributed by atoms with Crippen LogP contribution in [0.3, 0.4) is 0 Å². The van der Waals surface area contributed by atoms with E-state index in [9.17, 15) is 5.11 Å². The number of hydrogen-bond acceptors (Lipinski definition) is 3. The SMILES string of the molecule is OC(/C(=C\c1ccc(Cl)cc1)n1cncn1)c1ccccc1. The van der Waals surface area contributed by atoms with Gasteiger partial charge in [0.15, 0.2) is 0 Å². The number of aliphatic hydroxyl groups is 1. The van der Waals surface area contributed by atoms with Gasteiger partial charge in [0, 0.05) is 5.02 Å². The van der Waals surface area contributed by atoms with Crippen LogP contribution in [0.1, 0.15) is 17.2 Å². The van der Waals surface area contributed by atoms with Crippen molar-refractivity contribution in [2.24, 2.45) is 0 Å². The van der Waals surface area contributed by atoms with Crippen LogP contribution >= 0.6 is 11.6 Å². The van der Waals surface area contributed by atoms with Crippen LogP contribution in [-0.2, 0) is 0 Å². The third-order valence-corrected chi connectivity index (χ3v) is 3.52. The molecule has 5 heteroatoms. The lowest BCUT2D eigenvalue weighted by Gasteiger charge is -2.15. The summed E-state index contributed by atoms with van der Waals surface area (Å²) in [5, 5.41) is 15.5.